The van der Waals surface area contributed by atoms with Gasteiger partial charge in [-0.1, -0.05) is 60.5 Å². The van der Waals surface area contributed by atoms with Crippen molar-refractivity contribution < 1.29 is 4.79 Å². The summed E-state index contributed by atoms with van der Waals surface area (Å²) in [6, 6.07) is 12.1. The number of rotatable bonds is 7. The lowest BCUT2D eigenvalue weighted by atomic mass is 9.95. The molecule has 2 nitrogen and oxygen atoms in total. The summed E-state index contributed by atoms with van der Waals surface area (Å²) in [5.41, 5.74) is 4.63. The second-order valence-electron chi connectivity index (χ2n) is 7.25. The van der Waals surface area contributed by atoms with Crippen LogP contribution < -0.4 is 5.32 Å². The van der Waals surface area contributed by atoms with E-state index in [-0.39, 0.29) is 17.7 Å². The van der Waals surface area contributed by atoms with Crippen LogP contribution in [-0.4, -0.2) is 5.91 Å². The predicted molar refractivity (Wildman–Crippen MR) is 114 cm³/mol. The summed E-state index contributed by atoms with van der Waals surface area (Å²) in [5, 5.41) is 4.36. The van der Waals surface area contributed by atoms with Crippen molar-refractivity contribution >= 4 is 35.2 Å². The van der Waals surface area contributed by atoms with Crippen molar-refractivity contribution in [1.82, 2.24) is 5.32 Å². The summed E-state index contributed by atoms with van der Waals surface area (Å²) in [6.07, 6.45) is 7.38. The summed E-state index contributed by atoms with van der Waals surface area (Å²) in [5.74, 6) is 0.696. The lowest BCUT2D eigenvalue weighted by Gasteiger charge is -2.12. The van der Waals surface area contributed by atoms with Gasteiger partial charge in [0.15, 0.2) is 0 Å². The molecule has 0 bridgehead atoms. The van der Waals surface area contributed by atoms with Crippen LogP contribution in [0.15, 0.2) is 42.5 Å². The van der Waals surface area contributed by atoms with E-state index < -0.39 is 0 Å². The summed E-state index contributed by atoms with van der Waals surface area (Å²) in [7, 11) is 0. The number of aryl methyl sites for hydroxylation is 1. The Morgan fingerprint density at radius 2 is 1.89 bits per heavy atom. The molecule has 0 spiro atoms. The van der Waals surface area contributed by atoms with Crippen LogP contribution in [0.2, 0.25) is 10.0 Å². The van der Waals surface area contributed by atoms with E-state index in [1.807, 2.05) is 12.1 Å². The molecule has 2 aromatic carbocycles. The first kappa shape index (κ1) is 20.0. The topological polar surface area (TPSA) is 29.1 Å². The van der Waals surface area contributed by atoms with Crippen LogP contribution in [0.4, 0.5) is 0 Å². The van der Waals surface area contributed by atoms with Crippen LogP contribution in [-0.2, 0) is 11.3 Å². The highest BCUT2D eigenvalue weighted by molar-refractivity contribution is 6.34. The Kier molecular flexibility index (Phi) is 6.62. The molecule has 3 rings (SSSR count). The monoisotopic (exact) mass is 401 g/mol. The smallest absolute Gasteiger partial charge is 0.223 e. The zero-order valence-corrected chi connectivity index (χ0v) is 17.3. The quantitative estimate of drug-likeness (QED) is 0.560. The highest BCUT2D eigenvalue weighted by atomic mass is 35.5. The minimum Gasteiger partial charge on any atom is -0.352 e. The Balaban J connectivity index is 1.68. The first-order valence-corrected chi connectivity index (χ1v) is 10.2. The average Bonchev–Trinajstić information content (AvgIpc) is 3.45. The molecule has 142 valence electrons. The van der Waals surface area contributed by atoms with Crippen molar-refractivity contribution in [2.45, 2.75) is 45.6 Å². The maximum absolute atomic E-state index is 11.8. The van der Waals surface area contributed by atoms with Gasteiger partial charge in [-0.2, -0.15) is 0 Å². The maximum atomic E-state index is 11.8. The molecule has 1 unspecified atom stereocenters. The Morgan fingerprint density at radius 1 is 1.19 bits per heavy atom. The third-order valence-corrected chi connectivity index (χ3v) is 5.48. The number of carbonyl (C=O) groups is 1. The molecule has 0 radical (unpaired) electrons. The van der Waals surface area contributed by atoms with Gasteiger partial charge < -0.3 is 5.32 Å². The standard InChI is InChI=1S/C23H25Cl2NO/c1-3-17(20-11-21(24)13-22(25)12-20)6-4-16-5-7-19(15(2)10-16)14-26-23(27)18-8-9-18/h4-7,10-13,17-18H,3,8-9,14H2,1-2H3,(H,26,27)/b6-4+. The maximum Gasteiger partial charge on any atom is 0.223 e. The molecule has 2 aromatic rings. The molecule has 1 amide bonds. The van der Waals surface area contributed by atoms with Gasteiger partial charge in [0, 0.05) is 28.4 Å². The van der Waals surface area contributed by atoms with E-state index in [0.29, 0.717) is 16.6 Å². The van der Waals surface area contributed by atoms with E-state index in [1.54, 1.807) is 6.07 Å². The van der Waals surface area contributed by atoms with Gasteiger partial charge in [-0.05, 0) is 66.6 Å². The second kappa shape index (κ2) is 8.95. The SMILES string of the molecule is CCC(/C=C/c1ccc(CNC(=O)C2CC2)c(C)c1)c1cc(Cl)cc(Cl)c1. The van der Waals surface area contributed by atoms with Crippen LogP contribution in [0.5, 0.6) is 0 Å². The van der Waals surface area contributed by atoms with Crippen molar-refractivity contribution in [2.75, 3.05) is 0 Å². The number of hydrogen-bond acceptors (Lipinski definition) is 1. The van der Waals surface area contributed by atoms with Crippen molar-refractivity contribution in [3.8, 4) is 0 Å². The van der Waals surface area contributed by atoms with Crippen LogP contribution >= 0.6 is 23.2 Å². The first-order chi connectivity index (χ1) is 13.0. The summed E-state index contributed by atoms with van der Waals surface area (Å²) >= 11 is 12.3. The van der Waals surface area contributed by atoms with E-state index >= 15 is 0 Å². The van der Waals surface area contributed by atoms with E-state index in [2.05, 4.69) is 49.5 Å². The number of nitrogens with one attached hydrogen (secondary N) is 1. The van der Waals surface area contributed by atoms with Gasteiger partial charge >= 0.3 is 0 Å². The molecule has 1 aliphatic rings. The van der Waals surface area contributed by atoms with Gasteiger partial charge in [0.05, 0.1) is 0 Å². The molecule has 0 heterocycles. The molecule has 1 atom stereocenters. The predicted octanol–water partition coefficient (Wildman–Crippen LogP) is 6.54. The lowest BCUT2D eigenvalue weighted by molar-refractivity contribution is -0.122. The number of amides is 1. The molecule has 1 fully saturated rings. The molecule has 0 aromatic heterocycles. The van der Waals surface area contributed by atoms with Crippen LogP contribution in [0.1, 0.15) is 54.4 Å². The molecule has 1 saturated carbocycles. The Labute approximate surface area is 171 Å². The largest absolute Gasteiger partial charge is 0.352 e. The minimum absolute atomic E-state index is 0.185. The van der Waals surface area contributed by atoms with E-state index in [1.165, 1.54) is 5.56 Å². The number of allylic oxidation sites excluding steroid dienone is 1. The van der Waals surface area contributed by atoms with E-state index in [0.717, 1.165) is 36.0 Å². The number of benzene rings is 2. The van der Waals surface area contributed by atoms with Crippen molar-refractivity contribution in [3.05, 3.63) is 74.8 Å². The zero-order valence-electron chi connectivity index (χ0n) is 15.8. The second-order valence-corrected chi connectivity index (χ2v) is 8.13. The third-order valence-electron chi connectivity index (χ3n) is 5.04. The molecular weight excluding hydrogens is 377 g/mol. The molecule has 0 saturated heterocycles. The third kappa shape index (κ3) is 5.60. The summed E-state index contributed by atoms with van der Waals surface area (Å²) in [6.45, 7) is 4.84. The van der Waals surface area contributed by atoms with Gasteiger partial charge in [0.2, 0.25) is 5.91 Å². The molecule has 1 N–H and O–H groups in total. The Morgan fingerprint density at radius 3 is 2.48 bits per heavy atom. The summed E-state index contributed by atoms with van der Waals surface area (Å²) in [4.78, 5) is 11.8. The van der Waals surface area contributed by atoms with Gasteiger partial charge in [0.25, 0.3) is 0 Å². The fourth-order valence-corrected chi connectivity index (χ4v) is 3.74. The molecule has 27 heavy (non-hydrogen) atoms. The molecular formula is C23H25Cl2NO. The van der Waals surface area contributed by atoms with Gasteiger partial charge in [-0.3, -0.25) is 4.79 Å². The first-order valence-electron chi connectivity index (χ1n) is 9.47. The van der Waals surface area contributed by atoms with E-state index in [4.69, 9.17) is 23.2 Å². The van der Waals surface area contributed by atoms with Gasteiger partial charge in [-0.25, -0.2) is 0 Å². The van der Waals surface area contributed by atoms with Crippen molar-refractivity contribution in [3.63, 3.8) is 0 Å². The molecule has 0 aliphatic heterocycles. The highest BCUT2D eigenvalue weighted by Gasteiger charge is 2.29. The number of hydrogen-bond donors (Lipinski definition) is 1. The van der Waals surface area contributed by atoms with Crippen LogP contribution in [0, 0.1) is 12.8 Å². The lowest BCUT2D eigenvalue weighted by Crippen LogP contribution is -2.24. The van der Waals surface area contributed by atoms with Crippen LogP contribution in [0.25, 0.3) is 6.08 Å². The fourth-order valence-electron chi connectivity index (χ4n) is 3.19. The Bertz CT molecular complexity index is 835. The molecule has 4 heteroatoms. The number of carbonyl (C=O) groups excluding carboxylic acids is 1. The van der Waals surface area contributed by atoms with Crippen LogP contribution in [0.3, 0.4) is 0 Å². The Hall–Kier alpha value is -1.77. The average molecular weight is 402 g/mol. The fraction of sp³-hybridized carbons (Fsp3) is 0.348. The molecule has 1 aliphatic carbocycles. The van der Waals surface area contributed by atoms with Gasteiger partial charge in [-0.15, -0.1) is 0 Å². The zero-order chi connectivity index (χ0) is 19.4. The van der Waals surface area contributed by atoms with Crippen molar-refractivity contribution in [1.29, 1.82) is 0 Å². The number of halogens is 2. The minimum atomic E-state index is 0.185. The highest BCUT2D eigenvalue weighted by Crippen LogP contribution is 2.29. The van der Waals surface area contributed by atoms with Crippen molar-refractivity contribution in [2.24, 2.45) is 5.92 Å². The van der Waals surface area contributed by atoms with Gasteiger partial charge in [0.1, 0.15) is 0 Å². The summed E-state index contributed by atoms with van der Waals surface area (Å²) < 4.78 is 0. The van der Waals surface area contributed by atoms with E-state index in [9.17, 15) is 4.79 Å². The normalized spacial score (nSPS) is 15.1.